The number of benzene rings is 2. The van der Waals surface area contributed by atoms with Crippen LogP contribution in [-0.4, -0.2) is 26.7 Å². The van der Waals surface area contributed by atoms with Gasteiger partial charge in [0, 0.05) is 11.6 Å². The summed E-state index contributed by atoms with van der Waals surface area (Å²) in [6.45, 7) is 2.00. The summed E-state index contributed by atoms with van der Waals surface area (Å²) in [4.78, 5) is 40.7. The monoisotopic (exact) mass is 430 g/mol. The van der Waals surface area contributed by atoms with Crippen molar-refractivity contribution in [1.82, 2.24) is 14.9 Å². The Bertz CT molecular complexity index is 1110. The van der Waals surface area contributed by atoms with Gasteiger partial charge in [-0.1, -0.05) is 47.6 Å². The minimum Gasteiger partial charge on any atom is -0.351 e. The summed E-state index contributed by atoms with van der Waals surface area (Å²) in [5.41, 5.74) is 6.39. The summed E-state index contributed by atoms with van der Waals surface area (Å²) in [5.74, 6) is -0.547. The topological polar surface area (TPSA) is 107 Å². The lowest BCUT2D eigenvalue weighted by Gasteiger charge is -2.16. The SMILES string of the molecule is CC(Sc1nc2ccccc2c(=O)n1CCc1ccc(Cl)cc1)C(=O)NC(N)=O. The van der Waals surface area contributed by atoms with E-state index in [9.17, 15) is 14.4 Å². The zero-order chi connectivity index (χ0) is 21.0. The van der Waals surface area contributed by atoms with Crippen molar-refractivity contribution in [2.24, 2.45) is 5.73 Å². The van der Waals surface area contributed by atoms with Gasteiger partial charge in [0.15, 0.2) is 5.16 Å². The third-order valence-electron chi connectivity index (χ3n) is 4.26. The number of rotatable bonds is 6. The van der Waals surface area contributed by atoms with Crippen LogP contribution in [0, 0.1) is 0 Å². The van der Waals surface area contributed by atoms with Crippen molar-refractivity contribution in [2.45, 2.75) is 30.3 Å². The predicted octanol–water partition coefficient (Wildman–Crippen LogP) is 2.97. The van der Waals surface area contributed by atoms with Crippen molar-refractivity contribution in [3.8, 4) is 0 Å². The predicted molar refractivity (Wildman–Crippen MR) is 114 cm³/mol. The first kappa shape index (κ1) is 20.9. The molecule has 0 fully saturated rings. The van der Waals surface area contributed by atoms with E-state index < -0.39 is 17.2 Å². The van der Waals surface area contributed by atoms with Gasteiger partial charge < -0.3 is 5.73 Å². The van der Waals surface area contributed by atoms with E-state index >= 15 is 0 Å². The number of aryl methyl sites for hydroxylation is 1. The van der Waals surface area contributed by atoms with E-state index in [0.29, 0.717) is 34.0 Å². The lowest BCUT2D eigenvalue weighted by molar-refractivity contribution is -0.119. The number of carbonyl (C=O) groups excluding carboxylic acids is 2. The second kappa shape index (κ2) is 9.11. The van der Waals surface area contributed by atoms with Crippen LogP contribution in [0.4, 0.5) is 4.79 Å². The third-order valence-corrected chi connectivity index (χ3v) is 5.60. The number of thioether (sulfide) groups is 1. The van der Waals surface area contributed by atoms with Crippen LogP contribution in [0.25, 0.3) is 10.9 Å². The van der Waals surface area contributed by atoms with Crippen molar-refractivity contribution in [2.75, 3.05) is 0 Å². The molecule has 0 radical (unpaired) electrons. The lowest BCUT2D eigenvalue weighted by atomic mass is 10.1. The van der Waals surface area contributed by atoms with Crippen LogP contribution in [0.2, 0.25) is 5.02 Å². The highest BCUT2D eigenvalue weighted by molar-refractivity contribution is 8.00. The summed E-state index contributed by atoms with van der Waals surface area (Å²) >= 11 is 7.03. The number of aromatic nitrogens is 2. The Kier molecular flexibility index (Phi) is 6.56. The second-order valence-electron chi connectivity index (χ2n) is 6.36. The van der Waals surface area contributed by atoms with Crippen molar-refractivity contribution < 1.29 is 9.59 Å². The number of carbonyl (C=O) groups is 2. The highest BCUT2D eigenvalue weighted by atomic mass is 35.5. The Hall–Kier alpha value is -2.84. The molecule has 0 aliphatic rings. The maximum Gasteiger partial charge on any atom is 0.318 e. The van der Waals surface area contributed by atoms with Crippen LogP contribution in [0.5, 0.6) is 0 Å². The zero-order valence-electron chi connectivity index (χ0n) is 15.6. The first-order valence-corrected chi connectivity index (χ1v) is 10.1. The van der Waals surface area contributed by atoms with Gasteiger partial charge in [0.1, 0.15) is 0 Å². The number of nitrogens with two attached hydrogens (primary N) is 1. The van der Waals surface area contributed by atoms with Crippen molar-refractivity contribution in [3.63, 3.8) is 0 Å². The molecule has 3 N–H and O–H groups in total. The van der Waals surface area contributed by atoms with E-state index in [4.69, 9.17) is 17.3 Å². The highest BCUT2D eigenvalue weighted by Crippen LogP contribution is 2.23. The van der Waals surface area contributed by atoms with Crippen LogP contribution < -0.4 is 16.6 Å². The molecule has 0 saturated heterocycles. The van der Waals surface area contributed by atoms with E-state index in [2.05, 4.69) is 4.98 Å². The third kappa shape index (κ3) is 5.16. The molecule has 7 nitrogen and oxygen atoms in total. The summed E-state index contributed by atoms with van der Waals surface area (Å²) in [5, 5.41) is 2.92. The van der Waals surface area contributed by atoms with Gasteiger partial charge in [0.25, 0.3) is 5.56 Å². The molecule has 2 aromatic carbocycles. The number of nitrogens with one attached hydrogen (secondary N) is 1. The fourth-order valence-electron chi connectivity index (χ4n) is 2.76. The normalized spacial score (nSPS) is 11.9. The molecule has 29 heavy (non-hydrogen) atoms. The number of primary amides is 1. The first-order valence-electron chi connectivity index (χ1n) is 8.86. The Morgan fingerprint density at radius 3 is 2.59 bits per heavy atom. The van der Waals surface area contributed by atoms with Crippen LogP contribution in [-0.2, 0) is 17.8 Å². The molecule has 3 aromatic rings. The maximum absolute atomic E-state index is 13.1. The molecule has 150 valence electrons. The van der Waals surface area contributed by atoms with Gasteiger partial charge in [0.05, 0.1) is 16.2 Å². The maximum atomic E-state index is 13.1. The van der Waals surface area contributed by atoms with Gasteiger partial charge in [-0.05, 0) is 43.2 Å². The smallest absolute Gasteiger partial charge is 0.318 e. The molecule has 0 aliphatic heterocycles. The quantitative estimate of drug-likeness (QED) is 0.461. The number of amides is 3. The molecule has 0 bridgehead atoms. The molecular weight excluding hydrogens is 412 g/mol. The highest BCUT2D eigenvalue weighted by Gasteiger charge is 2.20. The van der Waals surface area contributed by atoms with Gasteiger partial charge in [-0.2, -0.15) is 0 Å². The number of hydrogen-bond donors (Lipinski definition) is 2. The second-order valence-corrected chi connectivity index (χ2v) is 8.10. The molecule has 1 aromatic heterocycles. The van der Waals surface area contributed by atoms with E-state index in [1.807, 2.05) is 17.4 Å². The van der Waals surface area contributed by atoms with Crippen LogP contribution in [0.3, 0.4) is 0 Å². The summed E-state index contributed by atoms with van der Waals surface area (Å²) in [6.07, 6.45) is 0.590. The average molecular weight is 431 g/mol. The van der Waals surface area contributed by atoms with Crippen molar-refractivity contribution >= 4 is 46.2 Å². The van der Waals surface area contributed by atoms with E-state index in [0.717, 1.165) is 17.3 Å². The Morgan fingerprint density at radius 1 is 1.21 bits per heavy atom. The number of imide groups is 1. The van der Waals surface area contributed by atoms with Gasteiger partial charge in [-0.25, -0.2) is 9.78 Å². The number of fused-ring (bicyclic) bond motifs is 1. The van der Waals surface area contributed by atoms with Crippen molar-refractivity contribution in [3.05, 3.63) is 69.5 Å². The zero-order valence-corrected chi connectivity index (χ0v) is 17.2. The average Bonchev–Trinajstić information content (AvgIpc) is 2.68. The van der Waals surface area contributed by atoms with Crippen molar-refractivity contribution in [1.29, 1.82) is 0 Å². The van der Waals surface area contributed by atoms with Gasteiger partial charge >= 0.3 is 6.03 Å². The Balaban J connectivity index is 1.94. The van der Waals surface area contributed by atoms with Gasteiger partial charge in [-0.15, -0.1) is 0 Å². The number of nitrogens with zero attached hydrogens (tertiary/aromatic N) is 2. The number of urea groups is 1. The van der Waals surface area contributed by atoms with E-state index in [1.165, 1.54) is 0 Å². The first-order chi connectivity index (χ1) is 13.8. The molecule has 1 heterocycles. The molecule has 0 aliphatic carbocycles. The molecule has 0 saturated carbocycles. The summed E-state index contributed by atoms with van der Waals surface area (Å²) < 4.78 is 1.55. The minimum absolute atomic E-state index is 0.186. The fourth-order valence-corrected chi connectivity index (χ4v) is 3.82. The molecule has 9 heteroatoms. The molecule has 3 amide bonds. The number of hydrogen-bond acceptors (Lipinski definition) is 5. The fraction of sp³-hybridized carbons (Fsp3) is 0.200. The largest absolute Gasteiger partial charge is 0.351 e. The standard InChI is InChI=1S/C20H19ClN4O3S/c1-12(17(26)24-19(22)28)29-20-23-16-5-3-2-4-15(16)18(27)25(20)11-10-13-6-8-14(21)9-7-13/h2-9,12H,10-11H2,1H3,(H3,22,24,26,28). The molecular formula is C20H19ClN4O3S. The van der Waals surface area contributed by atoms with Gasteiger partial charge in [0.2, 0.25) is 5.91 Å². The van der Waals surface area contributed by atoms with E-state index in [1.54, 1.807) is 47.9 Å². The lowest BCUT2D eigenvalue weighted by Crippen LogP contribution is -2.39. The van der Waals surface area contributed by atoms with Crippen LogP contribution >= 0.6 is 23.4 Å². The number of para-hydroxylation sites is 1. The Morgan fingerprint density at radius 2 is 1.90 bits per heavy atom. The molecule has 1 atom stereocenters. The molecule has 1 unspecified atom stereocenters. The molecule has 0 spiro atoms. The molecule has 3 rings (SSSR count). The Labute approximate surface area is 176 Å². The van der Waals surface area contributed by atoms with Crippen LogP contribution in [0.15, 0.2) is 58.5 Å². The van der Waals surface area contributed by atoms with E-state index in [-0.39, 0.29) is 5.56 Å². The summed E-state index contributed by atoms with van der Waals surface area (Å²) in [7, 11) is 0. The van der Waals surface area contributed by atoms with Crippen LogP contribution in [0.1, 0.15) is 12.5 Å². The minimum atomic E-state index is -0.922. The van der Waals surface area contributed by atoms with Gasteiger partial charge in [-0.3, -0.25) is 19.5 Å². The summed E-state index contributed by atoms with van der Waals surface area (Å²) in [6, 6.07) is 13.5. The number of halogens is 1.